The van der Waals surface area contributed by atoms with Gasteiger partial charge in [-0.05, 0) is 42.3 Å². The van der Waals surface area contributed by atoms with Crippen molar-refractivity contribution in [2.24, 2.45) is 0 Å². The van der Waals surface area contributed by atoms with Crippen molar-refractivity contribution in [1.29, 1.82) is 0 Å². The Hall–Kier alpha value is -0.960. The molecule has 0 N–H and O–H groups in total. The van der Waals surface area contributed by atoms with E-state index in [1.165, 1.54) is 18.2 Å². The van der Waals surface area contributed by atoms with E-state index in [9.17, 15) is 4.79 Å². The summed E-state index contributed by atoms with van der Waals surface area (Å²) in [7, 11) is 1.62. The van der Waals surface area contributed by atoms with Crippen molar-refractivity contribution in [3.05, 3.63) is 54.1 Å². The minimum Gasteiger partial charge on any atom is -0.497 e. The smallest absolute Gasteiger partial charge is 0.209 e. The molecule has 0 fully saturated rings. The van der Waals surface area contributed by atoms with E-state index in [1.54, 1.807) is 13.2 Å². The molecule has 0 aliphatic heterocycles. The molecule has 1 rings (SSSR count). The molecule has 0 radical (unpaired) electrons. The van der Waals surface area contributed by atoms with Crippen LogP contribution in [0.4, 0.5) is 0 Å². The Morgan fingerprint density at radius 1 is 1.21 bits per heavy atom. The summed E-state index contributed by atoms with van der Waals surface area (Å²) in [5.74, 6) is 0.578. The van der Waals surface area contributed by atoms with Crippen molar-refractivity contribution in [2.75, 3.05) is 7.11 Å². The highest BCUT2D eigenvalue weighted by molar-refractivity contribution is 6.69. The van der Waals surface area contributed by atoms with E-state index in [0.29, 0.717) is 6.42 Å². The monoisotopic (exact) mass is 318 g/mol. The van der Waals surface area contributed by atoms with Crippen LogP contribution in [-0.4, -0.2) is 16.7 Å². The van der Waals surface area contributed by atoms with Gasteiger partial charge in [0.25, 0.3) is 0 Å². The summed E-state index contributed by atoms with van der Waals surface area (Å²) in [6.45, 7) is 0. The molecule has 1 aromatic carbocycles. The molecule has 0 aromatic heterocycles. The number of allylic oxidation sites excluding steroid dienone is 4. The fourth-order valence-electron chi connectivity index (χ4n) is 1.30. The third-order valence-electron chi connectivity index (χ3n) is 2.23. The van der Waals surface area contributed by atoms with Crippen LogP contribution in [0.1, 0.15) is 5.56 Å². The molecule has 19 heavy (non-hydrogen) atoms. The van der Waals surface area contributed by atoms with Gasteiger partial charge in [-0.25, -0.2) is 0 Å². The number of alkyl halides is 3. The lowest BCUT2D eigenvalue weighted by molar-refractivity contribution is -0.110. The van der Waals surface area contributed by atoms with Crippen molar-refractivity contribution < 1.29 is 9.53 Å². The van der Waals surface area contributed by atoms with Gasteiger partial charge in [-0.3, -0.25) is 4.79 Å². The zero-order valence-electron chi connectivity index (χ0n) is 10.3. The molecule has 0 aliphatic carbocycles. The van der Waals surface area contributed by atoms with E-state index >= 15 is 0 Å². The number of benzene rings is 1. The van der Waals surface area contributed by atoms with E-state index in [0.717, 1.165) is 11.3 Å². The summed E-state index contributed by atoms with van der Waals surface area (Å²) in [4.78, 5) is 11.4. The lowest BCUT2D eigenvalue weighted by Crippen LogP contribution is -1.97. The molecule has 2 nitrogen and oxygen atoms in total. The first kappa shape index (κ1) is 16.1. The van der Waals surface area contributed by atoms with Gasteiger partial charge in [0.15, 0.2) is 5.78 Å². The van der Waals surface area contributed by atoms with Crippen molar-refractivity contribution >= 4 is 40.6 Å². The average molecular weight is 320 g/mol. The van der Waals surface area contributed by atoms with Gasteiger partial charge in [0.1, 0.15) is 5.75 Å². The molecule has 5 heteroatoms. The Labute approximate surface area is 127 Å². The minimum absolute atomic E-state index is 0.222. The Balaban J connectivity index is 2.49. The van der Waals surface area contributed by atoms with Crippen LogP contribution in [0.15, 0.2) is 48.6 Å². The molecule has 1 aromatic rings. The maximum Gasteiger partial charge on any atom is 0.209 e. The van der Waals surface area contributed by atoms with Crippen molar-refractivity contribution in [3.63, 3.8) is 0 Å². The normalized spacial score (nSPS) is 12.2. The third kappa shape index (κ3) is 7.26. The SMILES string of the molecule is COc1ccc(CC=CC(=O)C=CC(Cl)(Cl)Cl)cc1. The first-order valence-corrected chi connectivity index (χ1v) is 6.63. The second kappa shape index (κ2) is 7.59. The number of hydrogen-bond donors (Lipinski definition) is 0. The molecule has 0 spiro atoms. The van der Waals surface area contributed by atoms with Gasteiger partial charge in [0.05, 0.1) is 7.11 Å². The maximum atomic E-state index is 11.4. The van der Waals surface area contributed by atoms with Crippen LogP contribution in [0.2, 0.25) is 0 Å². The maximum absolute atomic E-state index is 11.4. The van der Waals surface area contributed by atoms with Gasteiger partial charge < -0.3 is 4.74 Å². The molecule has 0 atom stereocenters. The number of methoxy groups -OCH3 is 1. The van der Waals surface area contributed by atoms with Gasteiger partial charge in [-0.15, -0.1) is 0 Å². The van der Waals surface area contributed by atoms with Gasteiger partial charge >= 0.3 is 0 Å². The van der Waals surface area contributed by atoms with E-state index in [4.69, 9.17) is 39.5 Å². The molecule has 0 amide bonds. The number of carbonyl (C=O) groups is 1. The summed E-state index contributed by atoms with van der Waals surface area (Å²) in [5.41, 5.74) is 1.08. The van der Waals surface area contributed by atoms with Gasteiger partial charge in [-0.2, -0.15) is 0 Å². The summed E-state index contributed by atoms with van der Waals surface area (Å²) < 4.78 is 3.51. The second-order valence-corrected chi connectivity index (χ2v) is 6.10. The predicted octanol–water partition coefficient (Wildman–Crippen LogP) is 4.29. The van der Waals surface area contributed by atoms with Crippen molar-refractivity contribution in [1.82, 2.24) is 0 Å². The zero-order valence-corrected chi connectivity index (χ0v) is 12.5. The molecule has 0 aliphatic rings. The number of ether oxygens (including phenoxy) is 1. The lowest BCUT2D eigenvalue weighted by Gasteiger charge is -2.01. The van der Waals surface area contributed by atoms with Crippen molar-refractivity contribution in [3.8, 4) is 5.75 Å². The summed E-state index contributed by atoms with van der Waals surface area (Å²) in [6, 6.07) is 7.61. The van der Waals surface area contributed by atoms with Crippen LogP contribution in [0.5, 0.6) is 5.75 Å². The molecular formula is C14H13Cl3O2. The lowest BCUT2D eigenvalue weighted by atomic mass is 10.1. The van der Waals surface area contributed by atoms with Gasteiger partial charge in [0.2, 0.25) is 3.79 Å². The van der Waals surface area contributed by atoms with E-state index in [2.05, 4.69) is 0 Å². The van der Waals surface area contributed by atoms with Crippen LogP contribution >= 0.6 is 34.8 Å². The van der Waals surface area contributed by atoms with Crippen LogP contribution in [0, 0.1) is 0 Å². The molecule has 0 bridgehead atoms. The second-order valence-electron chi connectivity index (χ2n) is 3.73. The summed E-state index contributed by atoms with van der Waals surface area (Å²) >= 11 is 16.5. The van der Waals surface area contributed by atoms with E-state index < -0.39 is 3.79 Å². The third-order valence-corrected chi connectivity index (χ3v) is 2.61. The molecule has 0 unspecified atom stereocenters. The predicted molar refractivity (Wildman–Crippen MR) is 80.3 cm³/mol. The van der Waals surface area contributed by atoms with E-state index in [1.807, 2.05) is 24.3 Å². The van der Waals surface area contributed by atoms with E-state index in [-0.39, 0.29) is 5.78 Å². The summed E-state index contributed by atoms with van der Waals surface area (Å²) in [6.07, 6.45) is 6.30. The highest BCUT2D eigenvalue weighted by Gasteiger charge is 2.13. The standard InChI is InChI=1S/C14H13Cl3O2/c1-19-13-7-5-11(6-8-13)3-2-4-12(18)9-10-14(15,16)17/h2,4-10H,3H2,1H3. The first-order chi connectivity index (χ1) is 8.90. The minimum atomic E-state index is -1.54. The Morgan fingerprint density at radius 3 is 2.37 bits per heavy atom. The highest BCUT2D eigenvalue weighted by atomic mass is 35.6. The first-order valence-electron chi connectivity index (χ1n) is 5.50. The molecule has 0 saturated carbocycles. The Morgan fingerprint density at radius 2 is 1.84 bits per heavy atom. The fraction of sp³-hybridized carbons (Fsp3) is 0.214. The van der Waals surface area contributed by atoms with Crippen LogP contribution in [0.25, 0.3) is 0 Å². The molecular weight excluding hydrogens is 307 g/mol. The topological polar surface area (TPSA) is 26.3 Å². The van der Waals surface area contributed by atoms with Crippen molar-refractivity contribution in [2.45, 2.75) is 10.2 Å². The number of rotatable bonds is 5. The largest absolute Gasteiger partial charge is 0.497 e. The Kier molecular flexibility index (Phi) is 6.43. The molecule has 0 saturated heterocycles. The van der Waals surface area contributed by atoms with Crippen LogP contribution in [0.3, 0.4) is 0 Å². The molecule has 0 heterocycles. The van der Waals surface area contributed by atoms with Gasteiger partial charge in [0, 0.05) is 0 Å². The fourth-order valence-corrected chi connectivity index (χ4v) is 1.49. The summed E-state index contributed by atoms with van der Waals surface area (Å²) in [5, 5.41) is 0. The quantitative estimate of drug-likeness (QED) is 0.598. The average Bonchev–Trinajstić information content (AvgIpc) is 2.36. The van der Waals surface area contributed by atoms with Gasteiger partial charge in [-0.1, -0.05) is 53.0 Å². The number of hydrogen-bond acceptors (Lipinski definition) is 2. The number of halogens is 3. The zero-order chi connectivity index (χ0) is 14.3. The number of ketones is 1. The number of carbonyl (C=O) groups excluding carboxylic acids is 1. The highest BCUT2D eigenvalue weighted by Crippen LogP contribution is 2.27. The Bertz CT molecular complexity index is 470. The molecule has 102 valence electrons. The van der Waals surface area contributed by atoms with Crippen LogP contribution in [-0.2, 0) is 11.2 Å². The van der Waals surface area contributed by atoms with Crippen LogP contribution < -0.4 is 4.74 Å².